The largest absolute Gasteiger partial charge is 0.480 e. The lowest BCUT2D eigenvalue weighted by molar-refractivity contribution is -0.144. The van der Waals surface area contributed by atoms with Crippen LogP contribution in [-0.2, 0) is 19.1 Å². The molecule has 0 aromatic rings. The van der Waals surface area contributed by atoms with Crippen LogP contribution in [0, 0.1) is 0 Å². The highest BCUT2D eigenvalue weighted by Crippen LogP contribution is 2.03. The summed E-state index contributed by atoms with van der Waals surface area (Å²) < 4.78 is 4.40. The molecule has 10 nitrogen and oxygen atoms in total. The monoisotopic (exact) mass is 304 g/mol. The fraction of sp³-hybridized carbons (Fsp3) is 0.636. The number of carboxylic acids is 2. The van der Waals surface area contributed by atoms with Gasteiger partial charge < -0.3 is 26.4 Å². The Morgan fingerprint density at radius 3 is 2.24 bits per heavy atom. The second-order valence-corrected chi connectivity index (χ2v) is 4.15. The number of carbonyl (C=O) groups is 3. The van der Waals surface area contributed by atoms with Crippen LogP contribution in [0.4, 0.5) is 0 Å². The molecule has 0 saturated carbocycles. The number of nitrogens with two attached hydrogens (primary N) is 2. The SMILES string of the molecule is NC(N)=NCCCC(NC(CCOC=O)C(=O)O)C(=O)O. The standard InChI is InChI=1S/C11H20N4O6/c12-11(13)14-4-1-2-7(9(17)18)15-8(10(19)20)3-5-21-6-16/h6-8,15H,1-5H2,(H,17,18)(H,19,20)(H4,12,13,14). The summed E-state index contributed by atoms with van der Waals surface area (Å²) in [4.78, 5) is 35.8. The third kappa shape index (κ3) is 9.21. The molecule has 0 aliphatic carbocycles. The highest BCUT2D eigenvalue weighted by molar-refractivity contribution is 5.77. The van der Waals surface area contributed by atoms with E-state index in [0.29, 0.717) is 6.42 Å². The number of nitrogens with zero attached hydrogens (tertiary/aromatic N) is 1. The van der Waals surface area contributed by atoms with E-state index in [0.717, 1.165) is 0 Å². The molecule has 0 bridgehead atoms. The van der Waals surface area contributed by atoms with Crippen LogP contribution in [-0.4, -0.2) is 59.8 Å². The lowest BCUT2D eigenvalue weighted by Gasteiger charge is -2.19. The zero-order valence-electron chi connectivity index (χ0n) is 11.4. The van der Waals surface area contributed by atoms with E-state index in [1.807, 2.05) is 0 Å². The minimum atomic E-state index is -1.22. The first-order valence-corrected chi connectivity index (χ1v) is 6.20. The topological polar surface area (TPSA) is 177 Å². The molecule has 0 fully saturated rings. The van der Waals surface area contributed by atoms with Crippen LogP contribution < -0.4 is 16.8 Å². The van der Waals surface area contributed by atoms with Crippen LogP contribution in [0.2, 0.25) is 0 Å². The van der Waals surface area contributed by atoms with Gasteiger partial charge in [-0.15, -0.1) is 0 Å². The van der Waals surface area contributed by atoms with Crippen LogP contribution in [0.1, 0.15) is 19.3 Å². The number of carbonyl (C=O) groups excluding carboxylic acids is 1. The maximum atomic E-state index is 11.1. The van der Waals surface area contributed by atoms with Gasteiger partial charge in [0.15, 0.2) is 5.96 Å². The number of aliphatic imine (C=N–C) groups is 1. The van der Waals surface area contributed by atoms with Gasteiger partial charge in [-0.3, -0.25) is 24.7 Å². The van der Waals surface area contributed by atoms with Crippen LogP contribution in [0.25, 0.3) is 0 Å². The highest BCUT2D eigenvalue weighted by Gasteiger charge is 2.25. The van der Waals surface area contributed by atoms with Crippen molar-refractivity contribution in [2.45, 2.75) is 31.3 Å². The average Bonchev–Trinajstić information content (AvgIpc) is 2.39. The van der Waals surface area contributed by atoms with E-state index < -0.39 is 24.0 Å². The molecule has 7 N–H and O–H groups in total. The summed E-state index contributed by atoms with van der Waals surface area (Å²) in [5, 5.41) is 20.5. The first kappa shape index (κ1) is 18.6. The Hall–Kier alpha value is -2.36. The van der Waals surface area contributed by atoms with Crippen molar-refractivity contribution in [3.63, 3.8) is 0 Å². The molecule has 0 rings (SSSR count). The maximum absolute atomic E-state index is 11.1. The molecule has 21 heavy (non-hydrogen) atoms. The van der Waals surface area contributed by atoms with E-state index in [2.05, 4.69) is 15.0 Å². The Labute approximate surface area is 121 Å². The number of hydrogen-bond donors (Lipinski definition) is 5. The molecule has 0 spiro atoms. The molecule has 0 radical (unpaired) electrons. The van der Waals surface area contributed by atoms with E-state index in [-0.39, 0.29) is 38.4 Å². The van der Waals surface area contributed by atoms with Crippen LogP contribution in [0.3, 0.4) is 0 Å². The molecule has 120 valence electrons. The maximum Gasteiger partial charge on any atom is 0.320 e. The molecular weight excluding hydrogens is 284 g/mol. The van der Waals surface area contributed by atoms with Crippen molar-refractivity contribution >= 4 is 24.4 Å². The van der Waals surface area contributed by atoms with Gasteiger partial charge in [0.25, 0.3) is 6.47 Å². The summed E-state index contributed by atoms with van der Waals surface area (Å²) in [7, 11) is 0. The summed E-state index contributed by atoms with van der Waals surface area (Å²) in [5.41, 5.74) is 10.3. The van der Waals surface area contributed by atoms with Gasteiger partial charge in [0.2, 0.25) is 0 Å². The number of ether oxygens (including phenoxy) is 1. The summed E-state index contributed by atoms with van der Waals surface area (Å²) in [5.74, 6) is -2.49. The number of hydrogen-bond acceptors (Lipinski definition) is 6. The number of nitrogens with one attached hydrogen (secondary N) is 1. The van der Waals surface area contributed by atoms with Crippen molar-refractivity contribution in [3.05, 3.63) is 0 Å². The minimum absolute atomic E-state index is 0.0360. The van der Waals surface area contributed by atoms with Crippen LogP contribution in [0.5, 0.6) is 0 Å². The van der Waals surface area contributed by atoms with Crippen molar-refractivity contribution in [1.82, 2.24) is 5.32 Å². The minimum Gasteiger partial charge on any atom is -0.480 e. The van der Waals surface area contributed by atoms with Crippen LogP contribution in [0.15, 0.2) is 4.99 Å². The van der Waals surface area contributed by atoms with Gasteiger partial charge >= 0.3 is 11.9 Å². The molecule has 0 aliphatic rings. The number of rotatable bonds is 12. The Morgan fingerprint density at radius 1 is 1.19 bits per heavy atom. The predicted molar refractivity (Wildman–Crippen MR) is 72.5 cm³/mol. The van der Waals surface area contributed by atoms with Gasteiger partial charge in [0.1, 0.15) is 12.1 Å². The number of guanidine groups is 1. The van der Waals surface area contributed by atoms with E-state index >= 15 is 0 Å². The molecule has 0 aromatic heterocycles. The predicted octanol–water partition coefficient (Wildman–Crippen LogP) is -1.90. The van der Waals surface area contributed by atoms with Gasteiger partial charge in [-0.1, -0.05) is 0 Å². The van der Waals surface area contributed by atoms with Crippen molar-refractivity contribution in [2.75, 3.05) is 13.2 Å². The third-order valence-electron chi connectivity index (χ3n) is 2.54. The lowest BCUT2D eigenvalue weighted by Crippen LogP contribution is -2.47. The first-order chi connectivity index (χ1) is 9.88. The quantitative estimate of drug-likeness (QED) is 0.119. The van der Waals surface area contributed by atoms with Gasteiger partial charge in [-0.05, 0) is 12.8 Å². The van der Waals surface area contributed by atoms with E-state index in [4.69, 9.17) is 21.7 Å². The Balaban J connectivity index is 4.42. The van der Waals surface area contributed by atoms with Gasteiger partial charge in [-0.2, -0.15) is 0 Å². The normalized spacial score (nSPS) is 13.0. The van der Waals surface area contributed by atoms with E-state index in [1.54, 1.807) is 0 Å². The second kappa shape index (κ2) is 10.4. The molecule has 2 atom stereocenters. The number of aliphatic carboxylic acids is 2. The fourth-order valence-electron chi connectivity index (χ4n) is 1.54. The lowest BCUT2D eigenvalue weighted by atomic mass is 10.1. The summed E-state index contributed by atoms with van der Waals surface area (Å²) in [6, 6.07) is -2.19. The summed E-state index contributed by atoms with van der Waals surface area (Å²) >= 11 is 0. The van der Waals surface area contributed by atoms with Crippen molar-refractivity contribution in [3.8, 4) is 0 Å². The zero-order valence-corrected chi connectivity index (χ0v) is 11.4. The fourth-order valence-corrected chi connectivity index (χ4v) is 1.54. The molecule has 0 aromatic carbocycles. The van der Waals surface area contributed by atoms with Crippen LogP contribution >= 0.6 is 0 Å². The highest BCUT2D eigenvalue weighted by atomic mass is 16.5. The zero-order chi connectivity index (χ0) is 16.3. The Kier molecular flexibility index (Phi) is 9.26. The van der Waals surface area contributed by atoms with Crippen molar-refractivity contribution in [1.29, 1.82) is 0 Å². The van der Waals surface area contributed by atoms with Crippen molar-refractivity contribution < 1.29 is 29.3 Å². The Morgan fingerprint density at radius 2 is 1.76 bits per heavy atom. The summed E-state index contributed by atoms with van der Waals surface area (Å²) in [6.45, 7) is 0.330. The first-order valence-electron chi connectivity index (χ1n) is 6.20. The third-order valence-corrected chi connectivity index (χ3v) is 2.54. The van der Waals surface area contributed by atoms with Gasteiger partial charge in [0, 0.05) is 13.0 Å². The number of carboxylic acid groups (broad SMARTS) is 2. The molecule has 10 heteroatoms. The molecule has 0 amide bonds. The second-order valence-electron chi connectivity index (χ2n) is 4.15. The van der Waals surface area contributed by atoms with Gasteiger partial charge in [-0.25, -0.2) is 0 Å². The molecule has 0 aliphatic heterocycles. The van der Waals surface area contributed by atoms with E-state index in [9.17, 15) is 14.4 Å². The molecule has 2 unspecified atom stereocenters. The van der Waals surface area contributed by atoms with Crippen molar-refractivity contribution in [2.24, 2.45) is 16.5 Å². The molecule has 0 saturated heterocycles. The van der Waals surface area contributed by atoms with Gasteiger partial charge in [0.05, 0.1) is 6.61 Å². The smallest absolute Gasteiger partial charge is 0.320 e. The average molecular weight is 304 g/mol. The Bertz CT molecular complexity index is 383. The van der Waals surface area contributed by atoms with E-state index in [1.165, 1.54) is 0 Å². The molecular formula is C11H20N4O6. The molecule has 0 heterocycles. The summed E-state index contributed by atoms with van der Waals surface area (Å²) in [6.07, 6.45) is 0.495.